The summed E-state index contributed by atoms with van der Waals surface area (Å²) in [6.45, 7) is 4.19. The van der Waals surface area contributed by atoms with Crippen LogP contribution in [0.15, 0.2) is 34.8 Å². The summed E-state index contributed by atoms with van der Waals surface area (Å²) >= 11 is 3.45. The van der Waals surface area contributed by atoms with Gasteiger partial charge in [0.2, 0.25) is 0 Å². The molecule has 0 saturated carbocycles. The molecule has 0 bridgehead atoms. The van der Waals surface area contributed by atoms with Gasteiger partial charge in [0.25, 0.3) is 0 Å². The van der Waals surface area contributed by atoms with E-state index in [2.05, 4.69) is 52.5 Å². The number of aromatic nitrogens is 1. The van der Waals surface area contributed by atoms with E-state index in [1.54, 1.807) is 0 Å². The van der Waals surface area contributed by atoms with Crippen molar-refractivity contribution < 1.29 is 5.11 Å². The van der Waals surface area contributed by atoms with Crippen molar-refractivity contribution in [3.05, 3.63) is 51.8 Å². The molecule has 0 aliphatic rings. The van der Waals surface area contributed by atoms with Crippen LogP contribution >= 0.6 is 15.9 Å². The highest BCUT2D eigenvalue weighted by atomic mass is 79.9. The maximum atomic E-state index is 9.07. The van der Waals surface area contributed by atoms with E-state index in [-0.39, 0.29) is 12.6 Å². The largest absolute Gasteiger partial charge is 0.395 e. The molecular weight excluding hydrogens is 304 g/mol. The number of aliphatic hydroxyl groups excluding tert-OH is 1. The van der Waals surface area contributed by atoms with E-state index in [1.807, 2.05) is 12.1 Å². The van der Waals surface area contributed by atoms with Crippen LogP contribution in [0.2, 0.25) is 0 Å². The number of rotatable bonds is 4. The standard InChI is InChI=1S/C15H19BrN2O/c1-10-7-12(8-14(17)9-19)11(2)18(10)15-5-3-13(16)4-6-15/h3-7,14,19H,8-9,17H2,1-2H3. The first kappa shape index (κ1) is 14.3. The topological polar surface area (TPSA) is 51.2 Å². The molecule has 1 atom stereocenters. The van der Waals surface area contributed by atoms with E-state index in [1.165, 1.54) is 17.0 Å². The Hall–Kier alpha value is -1.10. The SMILES string of the molecule is Cc1cc(CC(N)CO)c(C)n1-c1ccc(Br)cc1. The van der Waals surface area contributed by atoms with E-state index in [0.717, 1.165) is 10.2 Å². The zero-order valence-corrected chi connectivity index (χ0v) is 12.8. The molecular formula is C15H19BrN2O. The maximum absolute atomic E-state index is 9.07. The monoisotopic (exact) mass is 322 g/mol. The Morgan fingerprint density at radius 3 is 2.47 bits per heavy atom. The van der Waals surface area contributed by atoms with E-state index in [9.17, 15) is 0 Å². The Morgan fingerprint density at radius 1 is 1.26 bits per heavy atom. The number of nitrogens with zero attached hydrogens (tertiary/aromatic N) is 1. The zero-order chi connectivity index (χ0) is 14.0. The third-order valence-corrected chi connectivity index (χ3v) is 3.87. The van der Waals surface area contributed by atoms with Crippen LogP contribution in [0.4, 0.5) is 0 Å². The maximum Gasteiger partial charge on any atom is 0.0585 e. The van der Waals surface area contributed by atoms with Crippen molar-refractivity contribution in [1.29, 1.82) is 0 Å². The first-order valence-electron chi connectivity index (χ1n) is 6.33. The Morgan fingerprint density at radius 2 is 1.89 bits per heavy atom. The fourth-order valence-electron chi connectivity index (χ4n) is 2.37. The molecule has 0 radical (unpaired) electrons. The molecule has 0 spiro atoms. The van der Waals surface area contributed by atoms with Gasteiger partial charge in [-0.3, -0.25) is 0 Å². The highest BCUT2D eigenvalue weighted by Gasteiger charge is 2.13. The van der Waals surface area contributed by atoms with Crippen LogP contribution in [0.5, 0.6) is 0 Å². The molecule has 4 heteroatoms. The van der Waals surface area contributed by atoms with Gasteiger partial charge < -0.3 is 15.4 Å². The van der Waals surface area contributed by atoms with Crippen LogP contribution in [0, 0.1) is 13.8 Å². The predicted molar refractivity (Wildman–Crippen MR) is 81.7 cm³/mol. The van der Waals surface area contributed by atoms with Crippen molar-refractivity contribution in [3.63, 3.8) is 0 Å². The quantitative estimate of drug-likeness (QED) is 0.909. The number of aryl methyl sites for hydroxylation is 1. The van der Waals surface area contributed by atoms with Crippen LogP contribution in [-0.2, 0) is 6.42 Å². The molecule has 0 fully saturated rings. The second-order valence-corrected chi connectivity index (χ2v) is 5.77. The zero-order valence-electron chi connectivity index (χ0n) is 11.2. The van der Waals surface area contributed by atoms with Gasteiger partial charge in [-0.25, -0.2) is 0 Å². The van der Waals surface area contributed by atoms with Gasteiger partial charge in [-0.15, -0.1) is 0 Å². The van der Waals surface area contributed by atoms with Crippen molar-refractivity contribution in [2.75, 3.05) is 6.61 Å². The molecule has 102 valence electrons. The van der Waals surface area contributed by atoms with Crippen molar-refractivity contribution >= 4 is 15.9 Å². The lowest BCUT2D eigenvalue weighted by Crippen LogP contribution is -2.27. The van der Waals surface area contributed by atoms with Gasteiger partial charge in [0.1, 0.15) is 0 Å². The Balaban J connectivity index is 2.39. The molecule has 0 aliphatic carbocycles. The predicted octanol–water partition coefficient (Wildman–Crippen LogP) is 2.72. The lowest BCUT2D eigenvalue weighted by atomic mass is 10.1. The first-order chi connectivity index (χ1) is 9.02. The molecule has 0 amide bonds. The fraction of sp³-hybridized carbons (Fsp3) is 0.333. The van der Waals surface area contributed by atoms with E-state index >= 15 is 0 Å². The van der Waals surface area contributed by atoms with E-state index in [0.29, 0.717) is 6.42 Å². The normalized spacial score (nSPS) is 12.7. The van der Waals surface area contributed by atoms with E-state index in [4.69, 9.17) is 10.8 Å². The highest BCUT2D eigenvalue weighted by molar-refractivity contribution is 9.10. The van der Waals surface area contributed by atoms with Gasteiger partial charge in [-0.05, 0) is 56.2 Å². The van der Waals surface area contributed by atoms with Crippen molar-refractivity contribution in [3.8, 4) is 5.69 Å². The highest BCUT2D eigenvalue weighted by Crippen LogP contribution is 2.23. The number of benzene rings is 1. The van der Waals surface area contributed by atoms with Crippen LogP contribution in [0.1, 0.15) is 17.0 Å². The minimum atomic E-state index is -0.195. The van der Waals surface area contributed by atoms with Gasteiger partial charge in [0.05, 0.1) is 6.61 Å². The van der Waals surface area contributed by atoms with Crippen LogP contribution < -0.4 is 5.73 Å². The first-order valence-corrected chi connectivity index (χ1v) is 7.12. The van der Waals surface area contributed by atoms with Gasteiger partial charge in [0.15, 0.2) is 0 Å². The molecule has 1 unspecified atom stereocenters. The minimum Gasteiger partial charge on any atom is -0.395 e. The Bertz CT molecular complexity index is 560. The summed E-state index contributed by atoms with van der Waals surface area (Å²) in [5.74, 6) is 0. The lowest BCUT2D eigenvalue weighted by Gasteiger charge is -2.11. The van der Waals surface area contributed by atoms with Gasteiger partial charge in [0, 0.05) is 27.6 Å². The minimum absolute atomic E-state index is 0.0158. The summed E-state index contributed by atoms with van der Waals surface area (Å²) in [7, 11) is 0. The fourth-order valence-corrected chi connectivity index (χ4v) is 2.63. The molecule has 2 aromatic rings. The number of hydrogen-bond acceptors (Lipinski definition) is 2. The number of halogens is 1. The summed E-state index contributed by atoms with van der Waals surface area (Å²) in [5, 5.41) is 9.07. The molecule has 3 N–H and O–H groups in total. The Labute approximate surface area is 122 Å². The third kappa shape index (κ3) is 3.08. The summed E-state index contributed by atoms with van der Waals surface area (Å²) in [5.41, 5.74) is 10.5. The number of aliphatic hydroxyl groups is 1. The van der Waals surface area contributed by atoms with Crippen molar-refractivity contribution in [2.24, 2.45) is 5.73 Å². The molecule has 2 rings (SSSR count). The van der Waals surface area contributed by atoms with Crippen LogP contribution in [-0.4, -0.2) is 22.3 Å². The second kappa shape index (κ2) is 5.90. The van der Waals surface area contributed by atoms with Gasteiger partial charge >= 0.3 is 0 Å². The van der Waals surface area contributed by atoms with Gasteiger partial charge in [-0.1, -0.05) is 15.9 Å². The molecule has 0 aliphatic heterocycles. The van der Waals surface area contributed by atoms with Crippen LogP contribution in [0.25, 0.3) is 5.69 Å². The van der Waals surface area contributed by atoms with Crippen LogP contribution in [0.3, 0.4) is 0 Å². The molecule has 3 nitrogen and oxygen atoms in total. The average Bonchev–Trinajstić information content (AvgIpc) is 2.66. The van der Waals surface area contributed by atoms with Gasteiger partial charge in [-0.2, -0.15) is 0 Å². The summed E-state index contributed by atoms with van der Waals surface area (Å²) in [6.07, 6.45) is 0.701. The summed E-state index contributed by atoms with van der Waals surface area (Å²) < 4.78 is 3.28. The summed E-state index contributed by atoms with van der Waals surface area (Å²) in [6, 6.07) is 10.2. The second-order valence-electron chi connectivity index (χ2n) is 4.85. The summed E-state index contributed by atoms with van der Waals surface area (Å²) in [4.78, 5) is 0. The third-order valence-electron chi connectivity index (χ3n) is 3.34. The molecule has 1 aromatic carbocycles. The van der Waals surface area contributed by atoms with E-state index < -0.39 is 0 Å². The lowest BCUT2D eigenvalue weighted by molar-refractivity contribution is 0.265. The van der Waals surface area contributed by atoms with Crippen molar-refractivity contribution in [2.45, 2.75) is 26.3 Å². The van der Waals surface area contributed by atoms with Crippen molar-refractivity contribution in [1.82, 2.24) is 4.57 Å². The Kier molecular flexibility index (Phi) is 4.45. The number of nitrogens with two attached hydrogens (primary N) is 1. The number of hydrogen-bond donors (Lipinski definition) is 2. The molecule has 19 heavy (non-hydrogen) atoms. The molecule has 0 saturated heterocycles. The smallest absolute Gasteiger partial charge is 0.0585 e. The molecule has 1 heterocycles. The molecule has 1 aromatic heterocycles. The average molecular weight is 323 g/mol.